The number of imidazole rings is 1. The fourth-order valence-electron chi connectivity index (χ4n) is 5.84. The van der Waals surface area contributed by atoms with Crippen molar-refractivity contribution in [3.05, 3.63) is 59.9 Å². The molecular formula is C29H32F2N8O2. The van der Waals surface area contributed by atoms with Crippen LogP contribution in [0.1, 0.15) is 72.2 Å². The summed E-state index contributed by atoms with van der Waals surface area (Å²) in [5.41, 5.74) is 2.76. The molecule has 0 aromatic carbocycles. The van der Waals surface area contributed by atoms with Crippen LogP contribution in [-0.4, -0.2) is 65.4 Å². The third-order valence-electron chi connectivity index (χ3n) is 8.19. The summed E-state index contributed by atoms with van der Waals surface area (Å²) in [4.78, 5) is 44.5. The molecule has 1 saturated carbocycles. The zero-order valence-electron chi connectivity index (χ0n) is 23.0. The summed E-state index contributed by atoms with van der Waals surface area (Å²) >= 11 is 0. The normalized spacial score (nSPS) is 20.9. The van der Waals surface area contributed by atoms with E-state index in [1.807, 2.05) is 13.0 Å². The highest BCUT2D eigenvalue weighted by atomic mass is 19.3. The third kappa shape index (κ3) is 5.30. The van der Waals surface area contributed by atoms with E-state index in [4.69, 9.17) is 9.97 Å². The van der Waals surface area contributed by atoms with Gasteiger partial charge in [0.25, 0.3) is 17.7 Å². The molecule has 10 nitrogen and oxygen atoms in total. The lowest BCUT2D eigenvalue weighted by Gasteiger charge is -2.38. The Morgan fingerprint density at radius 2 is 1.88 bits per heavy atom. The van der Waals surface area contributed by atoms with E-state index in [-0.39, 0.29) is 23.4 Å². The first-order valence-electron chi connectivity index (χ1n) is 14.0. The topological polar surface area (TPSA) is 122 Å². The van der Waals surface area contributed by atoms with Gasteiger partial charge in [-0.3, -0.25) is 19.3 Å². The number of likely N-dealkylation sites (tertiary alicyclic amines) is 1. The monoisotopic (exact) mass is 562 g/mol. The van der Waals surface area contributed by atoms with Gasteiger partial charge in [0.05, 0.1) is 35.9 Å². The van der Waals surface area contributed by atoms with Crippen molar-refractivity contribution in [3.8, 4) is 11.3 Å². The molecule has 1 saturated heterocycles. The molecule has 4 aromatic rings. The Bertz CT molecular complexity index is 1580. The quantitative estimate of drug-likeness (QED) is 0.339. The van der Waals surface area contributed by atoms with Crippen molar-refractivity contribution in [2.45, 2.75) is 58.0 Å². The molecule has 2 amide bonds. The Kier molecular flexibility index (Phi) is 7.00. The van der Waals surface area contributed by atoms with Crippen LogP contribution in [0.4, 0.5) is 8.78 Å². The predicted molar refractivity (Wildman–Crippen MR) is 147 cm³/mol. The van der Waals surface area contributed by atoms with Crippen LogP contribution in [0.2, 0.25) is 0 Å². The molecule has 2 N–H and O–H groups in total. The summed E-state index contributed by atoms with van der Waals surface area (Å²) in [7, 11) is 0. The molecule has 2 fully saturated rings. The fraction of sp³-hybridized carbons (Fsp3) is 0.448. The van der Waals surface area contributed by atoms with Crippen LogP contribution in [0, 0.1) is 11.8 Å². The van der Waals surface area contributed by atoms with E-state index in [1.54, 1.807) is 23.0 Å². The number of H-pyrrole nitrogens is 1. The van der Waals surface area contributed by atoms with Crippen LogP contribution < -0.4 is 5.32 Å². The number of hydrogen-bond acceptors (Lipinski definition) is 6. The summed E-state index contributed by atoms with van der Waals surface area (Å²) < 4.78 is 28.5. The molecule has 1 aliphatic heterocycles. The van der Waals surface area contributed by atoms with Crippen LogP contribution in [0.15, 0.2) is 42.9 Å². The van der Waals surface area contributed by atoms with E-state index in [0.29, 0.717) is 46.4 Å². The van der Waals surface area contributed by atoms with Gasteiger partial charge in [0.2, 0.25) is 0 Å². The van der Waals surface area contributed by atoms with E-state index >= 15 is 0 Å². The molecule has 1 unspecified atom stereocenters. The van der Waals surface area contributed by atoms with Crippen LogP contribution >= 0.6 is 0 Å². The first kappa shape index (κ1) is 27.0. The third-order valence-corrected chi connectivity index (χ3v) is 8.19. The fourth-order valence-corrected chi connectivity index (χ4v) is 5.84. The lowest BCUT2D eigenvalue weighted by Crippen LogP contribution is -2.58. The van der Waals surface area contributed by atoms with Crippen molar-refractivity contribution in [3.63, 3.8) is 0 Å². The maximum Gasteiger partial charge on any atom is 0.282 e. The number of aromatic amines is 1. The summed E-state index contributed by atoms with van der Waals surface area (Å²) in [5.74, 6) is -2.10. The van der Waals surface area contributed by atoms with E-state index in [2.05, 4.69) is 27.3 Å². The van der Waals surface area contributed by atoms with Crippen molar-refractivity contribution in [2.75, 3.05) is 13.1 Å². The second-order valence-electron chi connectivity index (χ2n) is 11.1. The maximum atomic E-state index is 13.4. The molecule has 0 radical (unpaired) electrons. The zero-order valence-corrected chi connectivity index (χ0v) is 23.0. The Hall–Kier alpha value is -4.22. The molecule has 5 heterocycles. The molecule has 1 atom stereocenters. The number of aromatic nitrogens is 6. The summed E-state index contributed by atoms with van der Waals surface area (Å²) in [5, 5.41) is 7.45. The highest BCUT2D eigenvalue weighted by Gasteiger charge is 2.46. The predicted octanol–water partition coefficient (Wildman–Crippen LogP) is 4.62. The number of amides is 2. The van der Waals surface area contributed by atoms with Gasteiger partial charge in [0.15, 0.2) is 5.65 Å². The molecule has 0 bridgehead atoms. The standard InChI is InChI=1S/C29H32F2N8O2/c1-3-39-23(11-13-33-39)27(40)36-24(18-6-4-17(2)5-7-18)26-35-22-9-8-21(34-25(22)37-26)20-14-32-12-10-19(20)28(41)38-15-29(30,31)16-38/h8-14,17-18,24H,3-7,15-16H2,1-2H3,(H,36,40)(H,34,35,37). The second kappa shape index (κ2) is 10.6. The zero-order chi connectivity index (χ0) is 28.7. The van der Waals surface area contributed by atoms with E-state index in [0.717, 1.165) is 30.6 Å². The molecule has 12 heteroatoms. The van der Waals surface area contributed by atoms with Gasteiger partial charge in [-0.15, -0.1) is 0 Å². The lowest BCUT2D eigenvalue weighted by molar-refractivity contribution is -0.113. The Morgan fingerprint density at radius 3 is 2.61 bits per heavy atom. The maximum absolute atomic E-state index is 13.4. The number of alkyl halides is 2. The molecule has 6 rings (SSSR count). The average molecular weight is 563 g/mol. The lowest BCUT2D eigenvalue weighted by atomic mass is 9.79. The molecular weight excluding hydrogens is 530 g/mol. The minimum atomic E-state index is -2.86. The SMILES string of the molecule is CCn1nccc1C(=O)NC(c1nc2nc(-c3cnccc3C(=O)N3CC(F)(F)C3)ccc2[nH]1)C1CCC(C)CC1. The number of carbonyl (C=O) groups is 2. The number of pyridine rings is 2. The van der Waals surface area contributed by atoms with Crippen LogP contribution in [0.3, 0.4) is 0 Å². The van der Waals surface area contributed by atoms with Gasteiger partial charge in [0.1, 0.15) is 11.5 Å². The summed E-state index contributed by atoms with van der Waals surface area (Å²) in [6.45, 7) is 3.56. The molecule has 2 aliphatic rings. The molecule has 214 valence electrons. The van der Waals surface area contributed by atoms with Gasteiger partial charge in [0, 0.05) is 30.7 Å². The number of nitrogens with one attached hydrogen (secondary N) is 2. The van der Waals surface area contributed by atoms with Crippen LogP contribution in [0.25, 0.3) is 22.4 Å². The Labute approximate surface area is 235 Å². The van der Waals surface area contributed by atoms with E-state index < -0.39 is 24.9 Å². The smallest absolute Gasteiger partial charge is 0.282 e. The molecule has 41 heavy (non-hydrogen) atoms. The highest BCUT2D eigenvalue weighted by molar-refractivity contribution is 6.01. The van der Waals surface area contributed by atoms with Crippen molar-refractivity contribution in [1.82, 2.24) is 39.9 Å². The second-order valence-corrected chi connectivity index (χ2v) is 11.1. The Morgan fingerprint density at radius 1 is 1.10 bits per heavy atom. The van der Waals surface area contributed by atoms with Gasteiger partial charge in [-0.05, 0) is 55.9 Å². The van der Waals surface area contributed by atoms with Crippen molar-refractivity contribution < 1.29 is 18.4 Å². The first-order valence-corrected chi connectivity index (χ1v) is 14.0. The minimum Gasteiger partial charge on any atom is -0.340 e. The van der Waals surface area contributed by atoms with Crippen molar-refractivity contribution in [2.24, 2.45) is 11.8 Å². The molecule has 4 aromatic heterocycles. The van der Waals surface area contributed by atoms with E-state index in [1.165, 1.54) is 18.5 Å². The Balaban J connectivity index is 1.31. The number of nitrogens with zero attached hydrogens (tertiary/aromatic N) is 6. The number of aryl methyl sites for hydroxylation is 1. The largest absolute Gasteiger partial charge is 0.340 e. The van der Waals surface area contributed by atoms with E-state index in [9.17, 15) is 18.4 Å². The number of hydrogen-bond donors (Lipinski definition) is 2. The molecule has 0 spiro atoms. The first-order chi connectivity index (χ1) is 19.7. The van der Waals surface area contributed by atoms with Gasteiger partial charge in [-0.2, -0.15) is 5.10 Å². The number of fused-ring (bicyclic) bond motifs is 1. The van der Waals surface area contributed by atoms with Crippen LogP contribution in [0.5, 0.6) is 0 Å². The average Bonchev–Trinajstić information content (AvgIpc) is 3.61. The number of carbonyl (C=O) groups excluding carboxylic acids is 2. The van der Waals surface area contributed by atoms with Gasteiger partial charge in [-0.1, -0.05) is 19.8 Å². The van der Waals surface area contributed by atoms with Gasteiger partial charge < -0.3 is 15.2 Å². The van der Waals surface area contributed by atoms with Crippen molar-refractivity contribution in [1.29, 1.82) is 0 Å². The summed E-state index contributed by atoms with van der Waals surface area (Å²) in [6, 6.07) is 6.45. The summed E-state index contributed by atoms with van der Waals surface area (Å²) in [6.07, 6.45) is 8.67. The molecule has 1 aliphatic carbocycles. The van der Waals surface area contributed by atoms with Crippen molar-refractivity contribution >= 4 is 23.0 Å². The van der Waals surface area contributed by atoms with Gasteiger partial charge >= 0.3 is 0 Å². The van der Waals surface area contributed by atoms with Crippen LogP contribution in [-0.2, 0) is 6.54 Å². The number of halogens is 2. The highest BCUT2D eigenvalue weighted by Crippen LogP contribution is 2.37. The van der Waals surface area contributed by atoms with Gasteiger partial charge in [-0.25, -0.2) is 18.7 Å². The minimum absolute atomic E-state index is 0.199. The number of rotatable bonds is 7.